The fraction of sp³-hybridized carbons (Fsp3) is 0.250. The fourth-order valence-corrected chi connectivity index (χ4v) is 2.11. The molecule has 4 N–H and O–H groups in total. The van der Waals surface area contributed by atoms with Gasteiger partial charge in [-0.15, -0.1) is 0 Å². The standard InChI is InChI=1S/C16H20N2O/c1-2-19-13-8-9-15(17)14(11-13)16(18)10-12-6-4-3-5-7-12/h3-9,11,16H,2,10,17-18H2,1H3. The van der Waals surface area contributed by atoms with E-state index in [1.807, 2.05) is 43.3 Å². The van der Waals surface area contributed by atoms with Gasteiger partial charge in [-0.05, 0) is 42.7 Å². The number of nitrogens with two attached hydrogens (primary N) is 2. The van der Waals surface area contributed by atoms with Crippen molar-refractivity contribution in [2.45, 2.75) is 19.4 Å². The number of ether oxygens (including phenoxy) is 1. The van der Waals surface area contributed by atoms with Crippen molar-refractivity contribution in [3.8, 4) is 5.75 Å². The summed E-state index contributed by atoms with van der Waals surface area (Å²) in [5.74, 6) is 0.815. The zero-order valence-corrected chi connectivity index (χ0v) is 11.2. The maximum atomic E-state index is 6.26. The van der Waals surface area contributed by atoms with Crippen LogP contribution in [0.5, 0.6) is 5.75 Å². The highest BCUT2D eigenvalue weighted by Crippen LogP contribution is 2.26. The third-order valence-electron chi connectivity index (χ3n) is 3.07. The van der Waals surface area contributed by atoms with Gasteiger partial charge in [0.2, 0.25) is 0 Å². The lowest BCUT2D eigenvalue weighted by atomic mass is 9.98. The molecule has 0 bridgehead atoms. The maximum absolute atomic E-state index is 6.26. The van der Waals surface area contributed by atoms with Gasteiger partial charge in [-0.1, -0.05) is 30.3 Å². The Hall–Kier alpha value is -2.00. The van der Waals surface area contributed by atoms with Gasteiger partial charge in [-0.3, -0.25) is 0 Å². The van der Waals surface area contributed by atoms with Crippen LogP contribution in [0, 0.1) is 0 Å². The molecule has 0 aliphatic rings. The van der Waals surface area contributed by atoms with Gasteiger partial charge >= 0.3 is 0 Å². The van der Waals surface area contributed by atoms with E-state index in [4.69, 9.17) is 16.2 Å². The largest absolute Gasteiger partial charge is 0.494 e. The minimum Gasteiger partial charge on any atom is -0.494 e. The Morgan fingerprint density at radius 2 is 1.84 bits per heavy atom. The highest BCUT2D eigenvalue weighted by molar-refractivity contribution is 5.52. The molecule has 0 radical (unpaired) electrons. The summed E-state index contributed by atoms with van der Waals surface area (Å²) in [7, 11) is 0. The summed E-state index contributed by atoms with van der Waals surface area (Å²) >= 11 is 0. The van der Waals surface area contributed by atoms with E-state index in [2.05, 4.69) is 12.1 Å². The Morgan fingerprint density at radius 3 is 2.53 bits per heavy atom. The van der Waals surface area contributed by atoms with Crippen molar-refractivity contribution in [1.82, 2.24) is 0 Å². The second-order valence-electron chi connectivity index (χ2n) is 4.52. The van der Waals surface area contributed by atoms with E-state index in [9.17, 15) is 0 Å². The molecule has 3 heteroatoms. The molecule has 0 amide bonds. The molecule has 0 aromatic heterocycles. The monoisotopic (exact) mass is 256 g/mol. The van der Waals surface area contributed by atoms with Crippen molar-refractivity contribution in [1.29, 1.82) is 0 Å². The summed E-state index contributed by atoms with van der Waals surface area (Å²) in [6.45, 7) is 2.59. The summed E-state index contributed by atoms with van der Waals surface area (Å²) in [5, 5.41) is 0. The molecule has 2 aromatic carbocycles. The summed E-state index contributed by atoms with van der Waals surface area (Å²) in [4.78, 5) is 0. The van der Waals surface area contributed by atoms with Crippen LogP contribution in [0.4, 0.5) is 5.69 Å². The summed E-state index contributed by atoms with van der Waals surface area (Å²) in [6.07, 6.45) is 0.765. The van der Waals surface area contributed by atoms with Crippen molar-refractivity contribution in [2.24, 2.45) is 5.73 Å². The van der Waals surface area contributed by atoms with E-state index in [0.29, 0.717) is 12.3 Å². The molecule has 0 fully saturated rings. The minimum absolute atomic E-state index is 0.122. The molecule has 1 unspecified atom stereocenters. The van der Waals surface area contributed by atoms with E-state index in [-0.39, 0.29) is 6.04 Å². The summed E-state index contributed by atoms with van der Waals surface area (Å²) < 4.78 is 5.49. The van der Waals surface area contributed by atoms with Gasteiger partial charge in [0, 0.05) is 11.7 Å². The molecule has 100 valence electrons. The van der Waals surface area contributed by atoms with Crippen LogP contribution >= 0.6 is 0 Å². The van der Waals surface area contributed by atoms with Gasteiger partial charge in [0.15, 0.2) is 0 Å². The van der Waals surface area contributed by atoms with Crippen molar-refractivity contribution in [3.63, 3.8) is 0 Å². The third kappa shape index (κ3) is 3.48. The average Bonchev–Trinajstić information content (AvgIpc) is 2.42. The number of anilines is 1. The predicted molar refractivity (Wildman–Crippen MR) is 79.1 cm³/mol. The Bertz CT molecular complexity index is 526. The van der Waals surface area contributed by atoms with E-state index in [1.54, 1.807) is 0 Å². The number of benzene rings is 2. The second kappa shape index (κ2) is 6.25. The zero-order valence-electron chi connectivity index (χ0n) is 11.2. The van der Waals surface area contributed by atoms with Gasteiger partial charge in [0.05, 0.1) is 6.61 Å². The summed E-state index contributed by atoms with van der Waals surface area (Å²) in [6, 6.07) is 15.7. The highest BCUT2D eigenvalue weighted by Gasteiger charge is 2.11. The number of hydrogen-bond donors (Lipinski definition) is 2. The number of hydrogen-bond acceptors (Lipinski definition) is 3. The summed E-state index contributed by atoms with van der Waals surface area (Å²) in [5.41, 5.74) is 15.1. The van der Waals surface area contributed by atoms with Crippen molar-refractivity contribution < 1.29 is 4.74 Å². The lowest BCUT2D eigenvalue weighted by Gasteiger charge is -2.16. The average molecular weight is 256 g/mol. The van der Waals surface area contributed by atoms with Crippen LogP contribution in [0.15, 0.2) is 48.5 Å². The molecule has 0 heterocycles. The molecule has 0 aliphatic heterocycles. The normalized spacial score (nSPS) is 12.1. The fourth-order valence-electron chi connectivity index (χ4n) is 2.11. The molecule has 1 atom stereocenters. The first-order chi connectivity index (χ1) is 9.20. The number of rotatable bonds is 5. The van der Waals surface area contributed by atoms with Crippen LogP contribution in [0.2, 0.25) is 0 Å². The first kappa shape index (κ1) is 13.4. The van der Waals surface area contributed by atoms with Crippen LogP contribution in [-0.2, 0) is 6.42 Å². The van der Waals surface area contributed by atoms with Gasteiger partial charge in [0.1, 0.15) is 5.75 Å². The smallest absolute Gasteiger partial charge is 0.119 e. The Morgan fingerprint density at radius 1 is 1.11 bits per heavy atom. The number of nitrogen functional groups attached to an aromatic ring is 1. The zero-order chi connectivity index (χ0) is 13.7. The van der Waals surface area contributed by atoms with Crippen molar-refractivity contribution >= 4 is 5.69 Å². The Balaban J connectivity index is 2.18. The molecule has 0 saturated heterocycles. The molecule has 19 heavy (non-hydrogen) atoms. The van der Waals surface area contributed by atoms with E-state index in [0.717, 1.165) is 17.7 Å². The first-order valence-electron chi connectivity index (χ1n) is 6.52. The Labute approximate surface area is 114 Å². The first-order valence-corrected chi connectivity index (χ1v) is 6.52. The predicted octanol–water partition coefficient (Wildman–Crippen LogP) is 2.91. The minimum atomic E-state index is -0.122. The lowest BCUT2D eigenvalue weighted by Crippen LogP contribution is -2.15. The van der Waals surface area contributed by atoms with Crippen molar-refractivity contribution in [2.75, 3.05) is 12.3 Å². The van der Waals surface area contributed by atoms with Crippen LogP contribution in [0.1, 0.15) is 24.1 Å². The molecule has 0 aliphatic carbocycles. The van der Waals surface area contributed by atoms with Crippen LogP contribution in [0.3, 0.4) is 0 Å². The topological polar surface area (TPSA) is 61.3 Å². The molecule has 0 spiro atoms. The SMILES string of the molecule is CCOc1ccc(N)c(C(N)Cc2ccccc2)c1. The molecular formula is C16H20N2O. The van der Waals surface area contributed by atoms with E-state index in [1.165, 1.54) is 5.56 Å². The van der Waals surface area contributed by atoms with Crippen LogP contribution in [-0.4, -0.2) is 6.61 Å². The quantitative estimate of drug-likeness (QED) is 0.809. The molecular weight excluding hydrogens is 236 g/mol. The van der Waals surface area contributed by atoms with Gasteiger partial charge in [-0.2, -0.15) is 0 Å². The van der Waals surface area contributed by atoms with Gasteiger partial charge < -0.3 is 16.2 Å². The van der Waals surface area contributed by atoms with E-state index >= 15 is 0 Å². The highest BCUT2D eigenvalue weighted by atomic mass is 16.5. The second-order valence-corrected chi connectivity index (χ2v) is 4.52. The van der Waals surface area contributed by atoms with Crippen LogP contribution < -0.4 is 16.2 Å². The third-order valence-corrected chi connectivity index (χ3v) is 3.07. The molecule has 0 saturated carbocycles. The van der Waals surface area contributed by atoms with Crippen LogP contribution in [0.25, 0.3) is 0 Å². The Kier molecular flexibility index (Phi) is 4.42. The molecule has 3 nitrogen and oxygen atoms in total. The molecule has 2 aromatic rings. The van der Waals surface area contributed by atoms with Gasteiger partial charge in [-0.25, -0.2) is 0 Å². The maximum Gasteiger partial charge on any atom is 0.119 e. The lowest BCUT2D eigenvalue weighted by molar-refractivity contribution is 0.339. The molecule has 2 rings (SSSR count). The van der Waals surface area contributed by atoms with Crippen molar-refractivity contribution in [3.05, 3.63) is 59.7 Å². The van der Waals surface area contributed by atoms with E-state index < -0.39 is 0 Å². The van der Waals surface area contributed by atoms with Gasteiger partial charge in [0.25, 0.3) is 0 Å².